The Morgan fingerprint density at radius 2 is 1.84 bits per heavy atom. The molecular formula is C17H10F4N2OS. The molecule has 8 heteroatoms. The van der Waals surface area contributed by atoms with Crippen LogP contribution in [0, 0.1) is 23.0 Å². The number of hydrogen-bond acceptors (Lipinski definition) is 3. The molecule has 0 atom stereocenters. The number of halogens is 4. The fourth-order valence-electron chi connectivity index (χ4n) is 1.85. The van der Waals surface area contributed by atoms with Crippen LogP contribution in [0.4, 0.5) is 23.2 Å². The van der Waals surface area contributed by atoms with Gasteiger partial charge in [0, 0.05) is 16.1 Å². The van der Waals surface area contributed by atoms with Crippen LogP contribution in [-0.4, -0.2) is 11.7 Å². The maximum Gasteiger partial charge on any atom is 0.288 e. The zero-order valence-electron chi connectivity index (χ0n) is 12.5. The molecule has 1 amide bonds. The fraction of sp³-hybridized carbons (Fsp3) is 0.0588. The molecule has 0 spiro atoms. The molecule has 0 saturated carbocycles. The zero-order chi connectivity index (χ0) is 18.4. The lowest BCUT2D eigenvalue weighted by molar-refractivity contribution is -0.112. The molecule has 3 nitrogen and oxygen atoms in total. The van der Waals surface area contributed by atoms with Crippen molar-refractivity contribution in [2.24, 2.45) is 0 Å². The molecule has 1 N–H and O–H groups in total. The first-order valence-corrected chi connectivity index (χ1v) is 7.70. The molecule has 0 saturated heterocycles. The molecule has 0 heterocycles. The van der Waals surface area contributed by atoms with Crippen molar-refractivity contribution in [1.29, 1.82) is 5.26 Å². The van der Waals surface area contributed by atoms with E-state index in [9.17, 15) is 22.4 Å². The topological polar surface area (TPSA) is 52.9 Å². The number of amides is 1. The van der Waals surface area contributed by atoms with Gasteiger partial charge < -0.3 is 5.32 Å². The van der Waals surface area contributed by atoms with Crippen LogP contribution < -0.4 is 5.32 Å². The Kier molecular flexibility index (Phi) is 6.19. The highest BCUT2D eigenvalue weighted by atomic mass is 32.2. The van der Waals surface area contributed by atoms with Gasteiger partial charge in [-0.25, -0.2) is 8.78 Å². The number of hydrogen-bond donors (Lipinski definition) is 1. The van der Waals surface area contributed by atoms with Gasteiger partial charge in [-0.2, -0.15) is 14.0 Å². The Morgan fingerprint density at radius 3 is 2.44 bits per heavy atom. The number of nitrogens with zero attached hydrogens (tertiary/aromatic N) is 1. The van der Waals surface area contributed by atoms with Crippen LogP contribution >= 0.6 is 11.8 Å². The monoisotopic (exact) mass is 366 g/mol. The number of rotatable bonds is 5. The molecule has 25 heavy (non-hydrogen) atoms. The van der Waals surface area contributed by atoms with Crippen LogP contribution in [-0.2, 0) is 4.79 Å². The van der Waals surface area contributed by atoms with E-state index in [4.69, 9.17) is 5.26 Å². The molecule has 0 aliphatic heterocycles. The number of carbonyl (C=O) groups is 1. The van der Waals surface area contributed by atoms with Gasteiger partial charge >= 0.3 is 0 Å². The second kappa shape index (κ2) is 8.35. The van der Waals surface area contributed by atoms with Crippen molar-refractivity contribution in [3.63, 3.8) is 0 Å². The van der Waals surface area contributed by atoms with Crippen molar-refractivity contribution in [1.82, 2.24) is 0 Å². The smallest absolute Gasteiger partial charge is 0.288 e. The maximum absolute atomic E-state index is 13.6. The summed E-state index contributed by atoms with van der Waals surface area (Å²) in [5, 5.41) is 11.4. The van der Waals surface area contributed by atoms with E-state index in [0.29, 0.717) is 16.7 Å². The summed E-state index contributed by atoms with van der Waals surface area (Å²) < 4.78 is 51.2. The largest absolute Gasteiger partial charge is 0.321 e. The van der Waals surface area contributed by atoms with Crippen molar-refractivity contribution in [2.45, 2.75) is 10.7 Å². The quantitative estimate of drug-likeness (QED) is 0.357. The first-order chi connectivity index (χ1) is 11.9. The van der Waals surface area contributed by atoms with Crippen LogP contribution in [0.1, 0.15) is 5.56 Å². The van der Waals surface area contributed by atoms with Crippen LogP contribution in [0.5, 0.6) is 0 Å². The number of thioether (sulfide) groups is 1. The molecule has 0 fully saturated rings. The van der Waals surface area contributed by atoms with Gasteiger partial charge in [-0.15, -0.1) is 0 Å². The van der Waals surface area contributed by atoms with Gasteiger partial charge in [0.05, 0.1) is 0 Å². The molecule has 2 aromatic carbocycles. The minimum atomic E-state index is -2.56. The Balaban J connectivity index is 2.16. The number of nitrogens with one attached hydrogen (secondary N) is 1. The van der Waals surface area contributed by atoms with Crippen molar-refractivity contribution in [3.05, 3.63) is 65.2 Å². The first kappa shape index (κ1) is 18.5. The van der Waals surface area contributed by atoms with Crippen molar-refractivity contribution in [2.75, 3.05) is 5.32 Å². The lowest BCUT2D eigenvalue weighted by Gasteiger charge is -2.06. The highest BCUT2D eigenvalue weighted by Gasteiger charge is 2.12. The summed E-state index contributed by atoms with van der Waals surface area (Å²) in [4.78, 5) is 12.4. The van der Waals surface area contributed by atoms with E-state index in [1.165, 1.54) is 24.3 Å². The van der Waals surface area contributed by atoms with Crippen LogP contribution in [0.15, 0.2) is 52.9 Å². The molecule has 2 aromatic rings. The first-order valence-electron chi connectivity index (χ1n) is 6.82. The molecule has 128 valence electrons. The van der Waals surface area contributed by atoms with E-state index in [2.05, 4.69) is 5.32 Å². The summed E-state index contributed by atoms with van der Waals surface area (Å²) in [5.41, 5.74) is -0.407. The Bertz CT molecular complexity index is 845. The number of nitriles is 1. The van der Waals surface area contributed by atoms with Crippen LogP contribution in [0.2, 0.25) is 0 Å². The summed E-state index contributed by atoms with van der Waals surface area (Å²) in [6.07, 6.45) is 0.925. The fourth-order valence-corrected chi connectivity index (χ4v) is 2.35. The summed E-state index contributed by atoms with van der Waals surface area (Å²) in [5.74, 6) is -4.89. The highest BCUT2D eigenvalue weighted by Crippen LogP contribution is 2.26. The lowest BCUT2D eigenvalue weighted by Crippen LogP contribution is -2.13. The maximum atomic E-state index is 13.6. The Morgan fingerprint density at radius 1 is 1.16 bits per heavy atom. The van der Waals surface area contributed by atoms with E-state index in [0.717, 1.165) is 24.3 Å². The highest BCUT2D eigenvalue weighted by molar-refractivity contribution is 7.99. The summed E-state index contributed by atoms with van der Waals surface area (Å²) in [7, 11) is 0. The minimum absolute atomic E-state index is 0.240. The predicted molar refractivity (Wildman–Crippen MR) is 86.9 cm³/mol. The van der Waals surface area contributed by atoms with E-state index in [1.807, 2.05) is 0 Å². The van der Waals surface area contributed by atoms with Gasteiger partial charge in [0.25, 0.3) is 11.7 Å². The van der Waals surface area contributed by atoms with Gasteiger partial charge in [0.2, 0.25) is 0 Å². The van der Waals surface area contributed by atoms with E-state index < -0.39 is 28.9 Å². The molecule has 2 rings (SSSR count). The van der Waals surface area contributed by atoms with E-state index in [-0.39, 0.29) is 11.3 Å². The Labute approximate surface area is 145 Å². The van der Waals surface area contributed by atoms with Gasteiger partial charge in [0.15, 0.2) is 0 Å². The third-order valence-corrected chi connectivity index (χ3v) is 3.68. The molecule has 0 aromatic heterocycles. The van der Waals surface area contributed by atoms with Gasteiger partial charge in [-0.1, -0.05) is 11.8 Å². The van der Waals surface area contributed by atoms with Crippen molar-refractivity contribution < 1.29 is 22.4 Å². The second-order valence-electron chi connectivity index (χ2n) is 4.69. The predicted octanol–water partition coefficient (Wildman–Crippen LogP) is 4.83. The van der Waals surface area contributed by atoms with Crippen LogP contribution in [0.3, 0.4) is 0 Å². The molecule has 0 unspecified atom stereocenters. The molecule has 0 aliphatic rings. The number of carbonyl (C=O) groups excluding carboxylic acids is 1. The normalized spacial score (nSPS) is 11.3. The van der Waals surface area contributed by atoms with Gasteiger partial charge in [0.1, 0.15) is 23.3 Å². The minimum Gasteiger partial charge on any atom is -0.321 e. The van der Waals surface area contributed by atoms with E-state index >= 15 is 0 Å². The van der Waals surface area contributed by atoms with Gasteiger partial charge in [-0.05, 0) is 48.5 Å². The average Bonchev–Trinajstić information content (AvgIpc) is 2.56. The lowest BCUT2D eigenvalue weighted by atomic mass is 10.1. The van der Waals surface area contributed by atoms with E-state index in [1.54, 1.807) is 6.07 Å². The molecule has 0 radical (unpaired) electrons. The van der Waals surface area contributed by atoms with Crippen molar-refractivity contribution >= 4 is 29.4 Å². The SMILES string of the molecule is N#CC(=Cc1cc(F)ccc1F)C(=O)Nc1ccc(SC(F)F)cc1. The Hall–Kier alpha value is -2.79. The number of anilines is 1. The van der Waals surface area contributed by atoms with Crippen LogP contribution in [0.25, 0.3) is 6.08 Å². The third kappa shape index (κ3) is 5.36. The third-order valence-electron chi connectivity index (χ3n) is 2.96. The molecule has 0 aliphatic carbocycles. The standard InChI is InChI=1S/C17H10F4N2OS/c18-12-1-6-15(19)10(8-12)7-11(9-22)16(24)23-13-2-4-14(5-3-13)25-17(20)21/h1-8,17H,(H,23,24). The van der Waals surface area contributed by atoms with Gasteiger partial charge in [-0.3, -0.25) is 4.79 Å². The number of benzene rings is 2. The molecular weight excluding hydrogens is 356 g/mol. The molecule has 0 bridgehead atoms. The summed E-state index contributed by atoms with van der Waals surface area (Å²) >= 11 is 0.355. The second-order valence-corrected chi connectivity index (χ2v) is 5.76. The number of alkyl halides is 2. The van der Waals surface area contributed by atoms with Crippen molar-refractivity contribution in [3.8, 4) is 6.07 Å². The zero-order valence-corrected chi connectivity index (χ0v) is 13.3. The summed E-state index contributed by atoms with van der Waals surface area (Å²) in [6.45, 7) is 0. The average molecular weight is 366 g/mol. The summed E-state index contributed by atoms with van der Waals surface area (Å²) in [6, 6.07) is 9.81.